The lowest BCUT2D eigenvalue weighted by Crippen LogP contribution is -2.48. The van der Waals surface area contributed by atoms with Gasteiger partial charge in [-0.15, -0.1) is 0 Å². The average molecular weight is 391 g/mol. The Morgan fingerprint density at radius 3 is 2.41 bits per heavy atom. The van der Waals surface area contributed by atoms with E-state index >= 15 is 0 Å². The average Bonchev–Trinajstić information content (AvgIpc) is 2.72. The Kier molecular flexibility index (Phi) is 6.34. The van der Waals surface area contributed by atoms with Crippen molar-refractivity contribution in [1.29, 1.82) is 0 Å². The molecule has 0 aromatic heterocycles. The molecule has 0 aliphatic heterocycles. The first-order chi connectivity index (χ1) is 14.0. The second kappa shape index (κ2) is 9.10. The molecule has 0 fully saturated rings. The predicted molar refractivity (Wildman–Crippen MR) is 112 cm³/mol. The molecule has 0 saturated heterocycles. The van der Waals surface area contributed by atoms with Crippen molar-refractivity contribution in [1.82, 2.24) is 10.7 Å². The Bertz CT molecular complexity index is 1060. The quantitative estimate of drug-likeness (QED) is 0.494. The molecule has 1 atom stereocenters. The Morgan fingerprint density at radius 1 is 0.966 bits per heavy atom. The van der Waals surface area contributed by atoms with Crippen LogP contribution >= 0.6 is 0 Å². The molecule has 1 unspecified atom stereocenters. The molecule has 3 aromatic rings. The largest absolute Gasteiger partial charge is 0.340 e. The first-order valence-corrected chi connectivity index (χ1v) is 9.33. The summed E-state index contributed by atoms with van der Waals surface area (Å²) in [6, 6.07) is 18.5. The van der Waals surface area contributed by atoms with E-state index in [1.54, 1.807) is 26.1 Å². The van der Waals surface area contributed by atoms with Crippen LogP contribution in [0.15, 0.2) is 71.8 Å². The van der Waals surface area contributed by atoms with Gasteiger partial charge in [0.05, 0.1) is 11.8 Å². The van der Waals surface area contributed by atoms with Crippen molar-refractivity contribution < 1.29 is 14.0 Å². The monoisotopic (exact) mass is 391 g/mol. The van der Waals surface area contributed by atoms with Crippen molar-refractivity contribution in [2.45, 2.75) is 19.9 Å². The van der Waals surface area contributed by atoms with Crippen LogP contribution in [-0.4, -0.2) is 24.1 Å². The third-order valence-electron chi connectivity index (χ3n) is 4.56. The van der Waals surface area contributed by atoms with E-state index in [4.69, 9.17) is 0 Å². The van der Waals surface area contributed by atoms with Crippen LogP contribution in [0.4, 0.5) is 4.39 Å². The third kappa shape index (κ3) is 4.85. The van der Waals surface area contributed by atoms with Crippen LogP contribution in [0, 0.1) is 11.7 Å². The van der Waals surface area contributed by atoms with Gasteiger partial charge < -0.3 is 5.32 Å². The zero-order chi connectivity index (χ0) is 20.8. The Morgan fingerprint density at radius 2 is 1.66 bits per heavy atom. The second-order valence-corrected chi connectivity index (χ2v) is 6.98. The van der Waals surface area contributed by atoms with Crippen molar-refractivity contribution in [3.05, 3.63) is 83.7 Å². The van der Waals surface area contributed by atoms with Gasteiger partial charge in [0.2, 0.25) is 0 Å². The van der Waals surface area contributed by atoms with E-state index in [1.807, 2.05) is 42.5 Å². The highest BCUT2D eigenvalue weighted by atomic mass is 19.1. The van der Waals surface area contributed by atoms with E-state index in [0.717, 1.165) is 16.3 Å². The zero-order valence-corrected chi connectivity index (χ0v) is 16.2. The Labute approximate surface area is 168 Å². The minimum Gasteiger partial charge on any atom is -0.340 e. The summed E-state index contributed by atoms with van der Waals surface area (Å²) < 4.78 is 13.8. The molecule has 2 N–H and O–H groups in total. The molecule has 0 bridgehead atoms. The number of hydrogen-bond acceptors (Lipinski definition) is 3. The van der Waals surface area contributed by atoms with Crippen molar-refractivity contribution in [3.8, 4) is 0 Å². The minimum atomic E-state index is -0.855. The second-order valence-electron chi connectivity index (χ2n) is 6.98. The fourth-order valence-corrected chi connectivity index (χ4v) is 3.00. The summed E-state index contributed by atoms with van der Waals surface area (Å²) in [5, 5.41) is 8.71. The fraction of sp³-hybridized carbons (Fsp3) is 0.174. The zero-order valence-electron chi connectivity index (χ0n) is 16.2. The highest BCUT2D eigenvalue weighted by Crippen LogP contribution is 2.16. The van der Waals surface area contributed by atoms with Crippen molar-refractivity contribution in [2.24, 2.45) is 11.0 Å². The van der Waals surface area contributed by atoms with E-state index in [2.05, 4.69) is 15.8 Å². The van der Waals surface area contributed by atoms with E-state index in [9.17, 15) is 14.0 Å². The molecular formula is C23H22FN3O2. The summed E-state index contributed by atoms with van der Waals surface area (Å²) in [5.41, 5.74) is 3.23. The SMILES string of the molecule is CC(C)C(NC(=O)c1ccccc1F)C(=O)N/N=C/c1cccc2ccccc12. The van der Waals surface area contributed by atoms with Crippen molar-refractivity contribution >= 4 is 28.8 Å². The van der Waals surface area contributed by atoms with Gasteiger partial charge in [-0.3, -0.25) is 9.59 Å². The van der Waals surface area contributed by atoms with Crippen molar-refractivity contribution in [2.75, 3.05) is 0 Å². The third-order valence-corrected chi connectivity index (χ3v) is 4.56. The molecular weight excluding hydrogens is 369 g/mol. The molecule has 2 amide bonds. The van der Waals surface area contributed by atoms with E-state index in [-0.39, 0.29) is 11.5 Å². The number of nitrogens with zero attached hydrogens (tertiary/aromatic N) is 1. The number of amides is 2. The van der Waals surface area contributed by atoms with Gasteiger partial charge in [0.15, 0.2) is 0 Å². The number of hydrazone groups is 1. The molecule has 148 valence electrons. The van der Waals surface area contributed by atoms with Crippen LogP contribution in [0.25, 0.3) is 10.8 Å². The molecule has 0 heterocycles. The Balaban J connectivity index is 1.70. The molecule has 0 saturated carbocycles. The summed E-state index contributed by atoms with van der Waals surface area (Å²) in [6.07, 6.45) is 1.57. The van der Waals surface area contributed by atoms with Gasteiger partial charge in [-0.1, -0.05) is 68.4 Å². The molecule has 3 rings (SSSR count). The van der Waals surface area contributed by atoms with Gasteiger partial charge in [0.1, 0.15) is 11.9 Å². The number of halogens is 1. The first kappa shape index (κ1) is 20.2. The summed E-state index contributed by atoms with van der Waals surface area (Å²) in [4.78, 5) is 24.9. The summed E-state index contributed by atoms with van der Waals surface area (Å²) in [7, 11) is 0. The molecule has 29 heavy (non-hydrogen) atoms. The molecule has 0 spiro atoms. The lowest BCUT2D eigenvalue weighted by Gasteiger charge is -2.20. The maximum absolute atomic E-state index is 13.8. The van der Waals surface area contributed by atoms with Crippen LogP contribution in [0.3, 0.4) is 0 Å². The van der Waals surface area contributed by atoms with Gasteiger partial charge >= 0.3 is 0 Å². The number of carbonyl (C=O) groups is 2. The van der Waals surface area contributed by atoms with Crippen LogP contribution in [0.5, 0.6) is 0 Å². The van der Waals surface area contributed by atoms with Crippen molar-refractivity contribution in [3.63, 3.8) is 0 Å². The molecule has 5 nitrogen and oxygen atoms in total. The summed E-state index contributed by atoms with van der Waals surface area (Å²) in [6.45, 7) is 3.58. The van der Waals surface area contributed by atoms with Gasteiger partial charge in [0, 0.05) is 5.56 Å². The normalized spacial score (nSPS) is 12.3. The topological polar surface area (TPSA) is 70.6 Å². The standard InChI is InChI=1S/C23H22FN3O2/c1-15(2)21(26-22(28)19-12-5-6-13-20(19)24)23(29)27-25-14-17-10-7-9-16-8-3-4-11-18(16)17/h3-15,21H,1-2H3,(H,26,28)(H,27,29)/b25-14+. The summed E-state index contributed by atoms with van der Waals surface area (Å²) in [5.74, 6) is -1.96. The molecule has 0 aliphatic rings. The van der Waals surface area contributed by atoms with Gasteiger partial charge in [-0.25, -0.2) is 9.82 Å². The highest BCUT2D eigenvalue weighted by Gasteiger charge is 2.25. The lowest BCUT2D eigenvalue weighted by molar-refractivity contribution is -0.123. The van der Waals surface area contributed by atoms with Crippen LogP contribution in [0.1, 0.15) is 29.8 Å². The maximum Gasteiger partial charge on any atom is 0.262 e. The van der Waals surface area contributed by atoms with E-state index < -0.39 is 23.7 Å². The van der Waals surface area contributed by atoms with Crippen LogP contribution in [0.2, 0.25) is 0 Å². The van der Waals surface area contributed by atoms with Gasteiger partial charge in [-0.05, 0) is 28.8 Å². The van der Waals surface area contributed by atoms with Crippen LogP contribution in [-0.2, 0) is 4.79 Å². The smallest absolute Gasteiger partial charge is 0.262 e. The molecule has 6 heteroatoms. The fourth-order valence-electron chi connectivity index (χ4n) is 3.00. The highest BCUT2D eigenvalue weighted by molar-refractivity contribution is 6.00. The van der Waals surface area contributed by atoms with Gasteiger partial charge in [0.25, 0.3) is 11.8 Å². The lowest BCUT2D eigenvalue weighted by atomic mass is 10.0. The number of rotatable bonds is 6. The Hall–Kier alpha value is -3.54. The minimum absolute atomic E-state index is 0.106. The van der Waals surface area contributed by atoms with E-state index in [1.165, 1.54) is 18.2 Å². The predicted octanol–water partition coefficient (Wildman–Crippen LogP) is 3.88. The first-order valence-electron chi connectivity index (χ1n) is 9.33. The number of benzene rings is 3. The van der Waals surface area contributed by atoms with E-state index in [0.29, 0.717) is 0 Å². The maximum atomic E-state index is 13.8. The number of nitrogens with one attached hydrogen (secondary N) is 2. The molecule has 3 aromatic carbocycles. The van der Waals surface area contributed by atoms with Gasteiger partial charge in [-0.2, -0.15) is 5.10 Å². The summed E-state index contributed by atoms with van der Waals surface area (Å²) >= 11 is 0. The number of hydrogen-bond donors (Lipinski definition) is 2. The number of fused-ring (bicyclic) bond motifs is 1. The van der Waals surface area contributed by atoms with Crippen LogP contribution < -0.4 is 10.7 Å². The molecule has 0 aliphatic carbocycles. The number of carbonyl (C=O) groups excluding carboxylic acids is 2. The molecule has 0 radical (unpaired) electrons.